The topological polar surface area (TPSA) is 104 Å². The lowest BCUT2D eigenvalue weighted by Gasteiger charge is -2.10. The zero-order valence-electron chi connectivity index (χ0n) is 9.17. The molecule has 7 heteroatoms. The molecule has 0 aromatic rings. The van der Waals surface area contributed by atoms with Crippen LogP contribution in [0.1, 0.15) is 12.8 Å². The van der Waals surface area contributed by atoms with Gasteiger partial charge in [0.2, 0.25) is 11.8 Å². The molecule has 1 aliphatic heterocycles. The molecule has 7 nitrogen and oxygen atoms in total. The molecule has 3 atom stereocenters. The van der Waals surface area contributed by atoms with Crippen molar-refractivity contribution in [2.24, 2.45) is 11.8 Å². The van der Waals surface area contributed by atoms with Gasteiger partial charge in [-0.3, -0.25) is 24.1 Å². The predicted octanol–water partition coefficient (Wildman–Crippen LogP) is -1.42. The molecule has 2 aliphatic rings. The molecule has 0 bridgehead atoms. The molecule has 0 spiro atoms. The first kappa shape index (κ1) is 11.6. The highest BCUT2D eigenvalue weighted by Crippen LogP contribution is 2.38. The van der Waals surface area contributed by atoms with Crippen LogP contribution >= 0.6 is 0 Å². The lowest BCUT2D eigenvalue weighted by atomic mass is 10.2. The molecule has 92 valence electrons. The van der Waals surface area contributed by atoms with Crippen LogP contribution in [0.4, 0.5) is 0 Å². The van der Waals surface area contributed by atoms with Gasteiger partial charge in [-0.15, -0.1) is 0 Å². The minimum absolute atomic E-state index is 0.0501. The first-order chi connectivity index (χ1) is 7.91. The van der Waals surface area contributed by atoms with Crippen LogP contribution in [0.3, 0.4) is 0 Å². The number of likely N-dealkylation sites (tertiary alicyclic amines) is 1. The van der Waals surface area contributed by atoms with Crippen LogP contribution in [0.2, 0.25) is 0 Å². The number of aliphatic carboxylic acids is 1. The molecule has 1 saturated carbocycles. The average Bonchev–Trinajstić information content (AvgIpc) is 3.01. The van der Waals surface area contributed by atoms with Gasteiger partial charge in [-0.05, 0) is 6.42 Å². The van der Waals surface area contributed by atoms with Crippen molar-refractivity contribution in [3.05, 3.63) is 0 Å². The summed E-state index contributed by atoms with van der Waals surface area (Å²) in [7, 11) is 1.36. The highest BCUT2D eigenvalue weighted by molar-refractivity contribution is 6.07. The highest BCUT2D eigenvalue weighted by Gasteiger charge is 2.49. The molecular weight excluding hydrogens is 228 g/mol. The van der Waals surface area contributed by atoms with Crippen LogP contribution in [0.25, 0.3) is 0 Å². The van der Waals surface area contributed by atoms with E-state index in [1.165, 1.54) is 7.05 Å². The SMILES string of the molecule is CN1C(=O)CC(NC(=O)[C@@H]2C[C@H]2C(=O)O)C1=O. The number of imide groups is 1. The van der Waals surface area contributed by atoms with Crippen molar-refractivity contribution in [1.29, 1.82) is 0 Å². The monoisotopic (exact) mass is 240 g/mol. The Bertz CT molecular complexity index is 419. The normalized spacial score (nSPS) is 31.6. The third kappa shape index (κ3) is 2.00. The minimum Gasteiger partial charge on any atom is -0.481 e. The second-order valence-electron chi connectivity index (χ2n) is 4.34. The molecule has 1 saturated heterocycles. The fraction of sp³-hybridized carbons (Fsp3) is 0.600. The van der Waals surface area contributed by atoms with E-state index >= 15 is 0 Å². The van der Waals surface area contributed by atoms with E-state index < -0.39 is 35.7 Å². The van der Waals surface area contributed by atoms with Gasteiger partial charge in [-0.1, -0.05) is 0 Å². The van der Waals surface area contributed by atoms with Crippen molar-refractivity contribution in [2.45, 2.75) is 18.9 Å². The lowest BCUT2D eigenvalue weighted by Crippen LogP contribution is -2.41. The number of likely N-dealkylation sites (N-methyl/N-ethyl adjacent to an activating group) is 1. The molecule has 0 aromatic heterocycles. The summed E-state index contributed by atoms with van der Waals surface area (Å²) in [5.74, 6) is -3.47. The standard InChI is InChI=1S/C10H12N2O5/c1-12-7(13)3-6(9(12)15)11-8(14)4-2-5(4)10(16)17/h4-6H,2-3H2,1H3,(H,11,14)(H,16,17)/t4-,5-,6?/m1/s1. The van der Waals surface area contributed by atoms with Gasteiger partial charge in [0.25, 0.3) is 5.91 Å². The van der Waals surface area contributed by atoms with Gasteiger partial charge in [-0.25, -0.2) is 0 Å². The molecule has 2 fully saturated rings. The Morgan fingerprint density at radius 1 is 1.35 bits per heavy atom. The van der Waals surface area contributed by atoms with Gasteiger partial charge in [0.1, 0.15) is 6.04 Å². The minimum atomic E-state index is -1.00. The number of hydrogen-bond donors (Lipinski definition) is 2. The van der Waals surface area contributed by atoms with Gasteiger partial charge >= 0.3 is 5.97 Å². The molecule has 1 unspecified atom stereocenters. The number of amides is 3. The summed E-state index contributed by atoms with van der Waals surface area (Å²) < 4.78 is 0. The summed E-state index contributed by atoms with van der Waals surface area (Å²) in [5, 5.41) is 11.1. The number of nitrogens with one attached hydrogen (secondary N) is 1. The number of nitrogens with zero attached hydrogens (tertiary/aromatic N) is 1. The van der Waals surface area contributed by atoms with Crippen LogP contribution in [-0.2, 0) is 19.2 Å². The Morgan fingerprint density at radius 2 is 2.00 bits per heavy atom. The van der Waals surface area contributed by atoms with Gasteiger partial charge in [0, 0.05) is 7.05 Å². The smallest absolute Gasteiger partial charge is 0.307 e. The number of carbonyl (C=O) groups excluding carboxylic acids is 3. The maximum absolute atomic E-state index is 11.6. The largest absolute Gasteiger partial charge is 0.481 e. The lowest BCUT2D eigenvalue weighted by molar-refractivity contribution is -0.140. The molecule has 3 amide bonds. The van der Waals surface area contributed by atoms with Crippen LogP contribution in [0, 0.1) is 11.8 Å². The molecule has 0 aromatic carbocycles. The van der Waals surface area contributed by atoms with Crippen LogP contribution in [0.15, 0.2) is 0 Å². The predicted molar refractivity (Wildman–Crippen MR) is 53.6 cm³/mol. The van der Waals surface area contributed by atoms with Crippen molar-refractivity contribution in [2.75, 3.05) is 7.05 Å². The van der Waals surface area contributed by atoms with E-state index in [0.29, 0.717) is 6.42 Å². The third-order valence-corrected chi connectivity index (χ3v) is 3.14. The van der Waals surface area contributed by atoms with Crippen molar-refractivity contribution in [3.63, 3.8) is 0 Å². The zero-order valence-corrected chi connectivity index (χ0v) is 9.17. The van der Waals surface area contributed by atoms with Crippen molar-refractivity contribution in [1.82, 2.24) is 10.2 Å². The van der Waals surface area contributed by atoms with Crippen molar-refractivity contribution in [3.8, 4) is 0 Å². The van der Waals surface area contributed by atoms with E-state index in [2.05, 4.69) is 5.32 Å². The maximum Gasteiger partial charge on any atom is 0.307 e. The number of carboxylic acid groups (broad SMARTS) is 1. The molecule has 1 aliphatic carbocycles. The summed E-state index contributed by atoms with van der Waals surface area (Å²) in [6.07, 6.45) is 0.247. The second kappa shape index (κ2) is 3.83. The molecule has 0 radical (unpaired) electrons. The summed E-state index contributed by atoms with van der Waals surface area (Å²) in [4.78, 5) is 45.8. The summed E-state index contributed by atoms with van der Waals surface area (Å²) in [5.41, 5.74) is 0. The second-order valence-corrected chi connectivity index (χ2v) is 4.34. The van der Waals surface area contributed by atoms with Gasteiger partial charge in [-0.2, -0.15) is 0 Å². The number of hydrogen-bond acceptors (Lipinski definition) is 4. The maximum atomic E-state index is 11.6. The van der Waals surface area contributed by atoms with E-state index in [1.807, 2.05) is 0 Å². The molecule has 17 heavy (non-hydrogen) atoms. The van der Waals surface area contributed by atoms with Gasteiger partial charge < -0.3 is 10.4 Å². The summed E-state index contributed by atoms with van der Waals surface area (Å²) in [6.45, 7) is 0. The van der Waals surface area contributed by atoms with Gasteiger partial charge in [0.15, 0.2) is 0 Å². The zero-order chi connectivity index (χ0) is 12.7. The van der Waals surface area contributed by atoms with Gasteiger partial charge in [0.05, 0.1) is 18.3 Å². The summed E-state index contributed by atoms with van der Waals surface area (Å²) in [6, 6.07) is -0.838. The van der Waals surface area contributed by atoms with E-state index in [4.69, 9.17) is 5.11 Å². The van der Waals surface area contributed by atoms with Crippen LogP contribution < -0.4 is 5.32 Å². The Morgan fingerprint density at radius 3 is 2.41 bits per heavy atom. The number of rotatable bonds is 3. The number of carbonyl (C=O) groups is 4. The molecule has 1 heterocycles. The quantitative estimate of drug-likeness (QED) is 0.589. The Kier molecular flexibility index (Phi) is 2.60. The molecule has 2 N–H and O–H groups in total. The highest BCUT2D eigenvalue weighted by atomic mass is 16.4. The molecular formula is C10H12N2O5. The fourth-order valence-corrected chi connectivity index (χ4v) is 1.90. The Hall–Kier alpha value is -1.92. The number of carboxylic acids is 1. The van der Waals surface area contributed by atoms with E-state index in [-0.39, 0.29) is 12.3 Å². The van der Waals surface area contributed by atoms with E-state index in [1.54, 1.807) is 0 Å². The molecule has 2 rings (SSSR count). The van der Waals surface area contributed by atoms with Crippen molar-refractivity contribution < 1.29 is 24.3 Å². The summed E-state index contributed by atoms with van der Waals surface area (Å²) >= 11 is 0. The fourth-order valence-electron chi connectivity index (χ4n) is 1.90. The average molecular weight is 240 g/mol. The first-order valence-electron chi connectivity index (χ1n) is 5.25. The first-order valence-corrected chi connectivity index (χ1v) is 5.25. The van der Waals surface area contributed by atoms with Crippen molar-refractivity contribution >= 4 is 23.7 Å². The Labute approximate surface area is 96.8 Å². The third-order valence-electron chi connectivity index (χ3n) is 3.14. The van der Waals surface area contributed by atoms with Crippen LogP contribution in [0.5, 0.6) is 0 Å². The van der Waals surface area contributed by atoms with E-state index in [9.17, 15) is 19.2 Å². The van der Waals surface area contributed by atoms with Crippen LogP contribution in [-0.4, -0.2) is 46.8 Å². The van der Waals surface area contributed by atoms with E-state index in [0.717, 1.165) is 4.90 Å². The Balaban J connectivity index is 1.91.